The summed E-state index contributed by atoms with van der Waals surface area (Å²) < 4.78 is 22.8. The molecule has 2 saturated heterocycles. The van der Waals surface area contributed by atoms with Gasteiger partial charge in [0.2, 0.25) is 5.75 Å². The fraction of sp³-hybridized carbons (Fsp3) is 0.448. The van der Waals surface area contributed by atoms with Crippen LogP contribution in [0.3, 0.4) is 0 Å². The number of benzene rings is 2. The molecule has 2 aliphatic heterocycles. The van der Waals surface area contributed by atoms with E-state index in [2.05, 4.69) is 16.9 Å². The topological polar surface area (TPSA) is 96.7 Å². The molecule has 10 heteroatoms. The van der Waals surface area contributed by atoms with Gasteiger partial charge in [-0.3, -0.25) is 4.79 Å². The van der Waals surface area contributed by atoms with Gasteiger partial charge in [-0.05, 0) is 56.2 Å². The van der Waals surface area contributed by atoms with Crippen molar-refractivity contribution >= 4 is 22.7 Å². The summed E-state index contributed by atoms with van der Waals surface area (Å²) in [5.74, 6) is 0.329. The van der Waals surface area contributed by atoms with Crippen LogP contribution in [0.1, 0.15) is 37.5 Å². The minimum absolute atomic E-state index is 0.125. The van der Waals surface area contributed by atoms with Gasteiger partial charge >= 0.3 is 5.56 Å². The molecule has 1 aromatic heterocycles. The highest BCUT2D eigenvalue weighted by atomic mass is 32.2. The molecule has 0 radical (unpaired) electrons. The van der Waals surface area contributed by atoms with Gasteiger partial charge in [0.25, 0.3) is 0 Å². The van der Waals surface area contributed by atoms with Crippen LogP contribution in [0, 0.1) is 10.6 Å². The molecule has 2 atom stereocenters. The lowest BCUT2D eigenvalue weighted by molar-refractivity contribution is 0.242. The van der Waals surface area contributed by atoms with Gasteiger partial charge in [-0.15, -0.1) is 4.31 Å². The van der Waals surface area contributed by atoms with Crippen molar-refractivity contribution in [2.45, 2.75) is 31.9 Å². The van der Waals surface area contributed by atoms with Gasteiger partial charge in [-0.1, -0.05) is 25.1 Å². The van der Waals surface area contributed by atoms with E-state index in [9.17, 15) is 14.6 Å². The number of hydrogen-bond donors (Lipinski definition) is 0. The summed E-state index contributed by atoms with van der Waals surface area (Å²) in [4.78, 5) is 15.7. The average Bonchev–Trinajstić information content (AvgIpc) is 3.90. The summed E-state index contributed by atoms with van der Waals surface area (Å²) >= 11 is -1.22. The number of aromatic nitrogens is 2. The Bertz CT molecular complexity index is 1370. The molecule has 0 spiro atoms. The summed E-state index contributed by atoms with van der Waals surface area (Å²) in [6.45, 7) is 8.31. The molecule has 3 aliphatic rings. The zero-order valence-electron chi connectivity index (χ0n) is 22.5. The third kappa shape index (κ3) is 5.44. The molecule has 39 heavy (non-hydrogen) atoms. The van der Waals surface area contributed by atoms with Gasteiger partial charge in [0.15, 0.2) is 5.25 Å². The number of quaternary nitrogens is 1. The van der Waals surface area contributed by atoms with Gasteiger partial charge in [0.05, 0.1) is 31.6 Å². The van der Waals surface area contributed by atoms with Crippen molar-refractivity contribution in [1.29, 1.82) is 0 Å². The van der Waals surface area contributed by atoms with Crippen LogP contribution in [-0.4, -0.2) is 64.5 Å². The van der Waals surface area contributed by atoms with Crippen LogP contribution >= 0.6 is 0 Å². The van der Waals surface area contributed by atoms with Crippen LogP contribution in [0.15, 0.2) is 65.6 Å². The van der Waals surface area contributed by atoms with Crippen LogP contribution in [0.4, 0.5) is 11.4 Å². The highest BCUT2D eigenvalue weighted by molar-refractivity contribution is 7.89. The first-order chi connectivity index (χ1) is 18.8. The van der Waals surface area contributed by atoms with E-state index in [1.165, 1.54) is 4.68 Å². The van der Waals surface area contributed by atoms with Gasteiger partial charge in [0.1, 0.15) is 24.5 Å². The summed E-state index contributed by atoms with van der Waals surface area (Å²) in [6.07, 6.45) is 3.92. The predicted octanol–water partition coefficient (Wildman–Crippen LogP) is 3.78. The number of rotatable bonds is 9. The zero-order chi connectivity index (χ0) is 27.2. The number of hydroxylamine groups is 2. The van der Waals surface area contributed by atoms with Gasteiger partial charge in [-0.2, -0.15) is 9.78 Å². The maximum absolute atomic E-state index is 13.5. The Morgan fingerprint density at radius 3 is 2.33 bits per heavy atom. The maximum atomic E-state index is 13.5. The molecule has 3 heterocycles. The van der Waals surface area contributed by atoms with Crippen LogP contribution in [-0.2, 0) is 11.4 Å². The second kappa shape index (κ2) is 10.3. The SMILES string of the molecule is CC(c1ccc([N+]2([O-])CC2)cc1)[S@@+]([O-])N1CCN(c2cnn(-c3ccccc3)c(=O)c2OCC2(C)CC2)CC1. The van der Waals surface area contributed by atoms with Crippen LogP contribution in [0.5, 0.6) is 5.75 Å². The van der Waals surface area contributed by atoms with E-state index in [0.717, 1.165) is 24.1 Å². The van der Waals surface area contributed by atoms with Gasteiger partial charge < -0.3 is 24.0 Å². The van der Waals surface area contributed by atoms with Crippen LogP contribution in [0.25, 0.3) is 5.69 Å². The van der Waals surface area contributed by atoms with E-state index < -0.39 is 11.4 Å². The van der Waals surface area contributed by atoms with Crippen molar-refractivity contribution in [2.24, 2.45) is 5.41 Å². The van der Waals surface area contributed by atoms with Crippen LogP contribution in [0.2, 0.25) is 0 Å². The van der Waals surface area contributed by atoms with Crippen molar-refractivity contribution in [1.82, 2.24) is 18.7 Å². The fourth-order valence-corrected chi connectivity index (χ4v) is 6.32. The molecule has 0 amide bonds. The zero-order valence-corrected chi connectivity index (χ0v) is 23.3. The van der Waals surface area contributed by atoms with Crippen molar-refractivity contribution in [3.05, 3.63) is 81.9 Å². The lowest BCUT2D eigenvalue weighted by Gasteiger charge is -2.37. The molecule has 0 N–H and O–H groups in total. The van der Waals surface area contributed by atoms with E-state index in [1.807, 2.05) is 65.8 Å². The molecule has 3 aromatic rings. The highest BCUT2D eigenvalue weighted by Gasteiger charge is 2.39. The first-order valence-electron chi connectivity index (χ1n) is 13.7. The molecule has 1 saturated carbocycles. The van der Waals surface area contributed by atoms with Crippen molar-refractivity contribution in [3.8, 4) is 11.4 Å². The largest absolute Gasteiger partial charge is 0.627 e. The smallest absolute Gasteiger partial charge is 0.316 e. The fourth-order valence-electron chi connectivity index (χ4n) is 4.96. The number of piperazine rings is 1. The first-order valence-corrected chi connectivity index (χ1v) is 14.8. The van der Waals surface area contributed by atoms with E-state index in [4.69, 9.17) is 4.74 Å². The maximum Gasteiger partial charge on any atom is 0.316 e. The lowest BCUT2D eigenvalue weighted by atomic mass is 10.1. The number of hydrogen-bond acceptors (Lipinski definition) is 7. The number of ether oxygens (including phenoxy) is 1. The van der Waals surface area contributed by atoms with E-state index in [0.29, 0.717) is 63.0 Å². The second-order valence-corrected chi connectivity index (χ2v) is 13.0. The third-order valence-electron chi connectivity index (χ3n) is 8.18. The molecule has 6 rings (SSSR count). The van der Waals surface area contributed by atoms with Crippen LogP contribution < -0.4 is 19.8 Å². The van der Waals surface area contributed by atoms with Gasteiger partial charge in [0, 0.05) is 35.4 Å². The Labute approximate surface area is 232 Å². The third-order valence-corrected chi connectivity index (χ3v) is 9.93. The Hall–Kier alpha value is -2.89. The monoisotopic (exact) mass is 549 g/mol. The molecular weight excluding hydrogens is 514 g/mol. The Balaban J connectivity index is 1.16. The molecular formula is C29H35N5O4S. The Morgan fingerprint density at radius 1 is 1.05 bits per heavy atom. The molecule has 3 fully saturated rings. The summed E-state index contributed by atoms with van der Waals surface area (Å²) in [6, 6.07) is 17.0. The van der Waals surface area contributed by atoms with Crippen molar-refractivity contribution < 1.29 is 9.29 Å². The molecule has 0 bridgehead atoms. The van der Waals surface area contributed by atoms with Crippen molar-refractivity contribution in [3.63, 3.8) is 0 Å². The second-order valence-electron chi connectivity index (χ2n) is 11.3. The molecule has 2 aromatic carbocycles. The highest BCUT2D eigenvalue weighted by Crippen LogP contribution is 2.45. The summed E-state index contributed by atoms with van der Waals surface area (Å²) in [5, 5.41) is 16.6. The minimum atomic E-state index is -1.22. The predicted molar refractivity (Wildman–Crippen MR) is 154 cm³/mol. The van der Waals surface area contributed by atoms with Gasteiger partial charge in [-0.25, -0.2) is 0 Å². The molecule has 9 nitrogen and oxygen atoms in total. The number of para-hydroxylation sites is 1. The van der Waals surface area contributed by atoms with E-state index in [-0.39, 0.29) is 20.9 Å². The Morgan fingerprint density at radius 2 is 1.72 bits per heavy atom. The number of anilines is 1. The molecule has 1 aliphatic carbocycles. The number of nitrogens with zero attached hydrogens (tertiary/aromatic N) is 5. The average molecular weight is 550 g/mol. The summed E-state index contributed by atoms with van der Waals surface area (Å²) in [5.41, 5.74) is 2.97. The van der Waals surface area contributed by atoms with Crippen molar-refractivity contribution in [2.75, 3.05) is 50.8 Å². The first kappa shape index (κ1) is 26.3. The van der Waals surface area contributed by atoms with E-state index >= 15 is 0 Å². The Kier molecular flexibility index (Phi) is 6.93. The molecule has 206 valence electrons. The standard InChI is InChI=1S/C29H35N5O4S/c1-22(23-8-10-25(11-9-23)34(36)18-19-34)39(37)32-16-14-31(15-17-32)26-20-30-33(24-6-4-3-5-7-24)28(35)27(26)38-21-29(2)12-13-29/h3-11,20,22H,12-19,21H2,1-2H3/t22?,39-/m1/s1. The quantitative estimate of drug-likeness (QED) is 0.173. The summed E-state index contributed by atoms with van der Waals surface area (Å²) in [7, 11) is 0. The molecule has 1 unspecified atom stereocenters. The minimum Gasteiger partial charge on any atom is -0.627 e. The normalized spacial score (nSPS) is 21.3. The lowest BCUT2D eigenvalue weighted by Crippen LogP contribution is -2.50. The van der Waals surface area contributed by atoms with E-state index in [1.54, 1.807) is 6.20 Å².